The third-order valence-corrected chi connectivity index (χ3v) is 6.03. The first-order valence-electron chi connectivity index (χ1n) is 9.94. The first-order chi connectivity index (χ1) is 15.4. The van der Waals surface area contributed by atoms with Crippen molar-refractivity contribution in [3.05, 3.63) is 47.0 Å². The molecule has 1 aliphatic carbocycles. The first-order valence-corrected chi connectivity index (χ1v) is 9.94. The second kappa shape index (κ2) is 8.58. The molecule has 0 amide bonds. The number of aliphatic hydroxyl groups excluding tert-OH is 1. The van der Waals surface area contributed by atoms with Crippen LogP contribution in [0.2, 0.25) is 0 Å². The van der Waals surface area contributed by atoms with Gasteiger partial charge in [-0.3, -0.25) is 9.59 Å². The Kier molecular flexibility index (Phi) is 5.84. The average molecular weight is 444 g/mol. The van der Waals surface area contributed by atoms with Crippen LogP contribution in [-0.2, 0) is 19.1 Å². The molecule has 0 saturated carbocycles. The summed E-state index contributed by atoms with van der Waals surface area (Å²) in [6.45, 7) is 0.0379. The van der Waals surface area contributed by atoms with E-state index in [1.807, 2.05) is 0 Å². The predicted octanol–water partition coefficient (Wildman–Crippen LogP) is 2.19. The number of carbonyl (C=O) groups is 2. The number of benzene rings is 2. The van der Waals surface area contributed by atoms with Crippen LogP contribution in [0, 0.1) is 11.8 Å². The second-order valence-electron chi connectivity index (χ2n) is 7.47. The summed E-state index contributed by atoms with van der Waals surface area (Å²) >= 11 is 0. The molecule has 0 radical (unpaired) electrons. The number of carbonyl (C=O) groups excluding carboxylic acids is 2. The third kappa shape index (κ3) is 3.38. The fourth-order valence-corrected chi connectivity index (χ4v) is 4.55. The van der Waals surface area contributed by atoms with Crippen LogP contribution in [0.25, 0.3) is 0 Å². The highest BCUT2D eigenvalue weighted by Gasteiger charge is 2.52. The van der Waals surface area contributed by atoms with Gasteiger partial charge in [-0.25, -0.2) is 0 Å². The molecule has 9 nitrogen and oxygen atoms in total. The van der Waals surface area contributed by atoms with Gasteiger partial charge in [0.2, 0.25) is 6.79 Å². The van der Waals surface area contributed by atoms with Gasteiger partial charge in [0.15, 0.2) is 23.0 Å². The SMILES string of the molecule is COC(=O)[C@@H]1[C@H](c2ccc(OC)c(OC)c2)c2cc3c(cc2[C@@H](O)[C@@H]1C(=O)OC)OCO3. The molecule has 1 heterocycles. The van der Waals surface area contributed by atoms with E-state index >= 15 is 0 Å². The van der Waals surface area contributed by atoms with E-state index in [0.717, 1.165) is 0 Å². The van der Waals surface area contributed by atoms with E-state index < -0.39 is 35.8 Å². The van der Waals surface area contributed by atoms with Gasteiger partial charge in [0, 0.05) is 5.92 Å². The number of rotatable bonds is 5. The minimum Gasteiger partial charge on any atom is -0.493 e. The van der Waals surface area contributed by atoms with Crippen molar-refractivity contribution in [1.29, 1.82) is 0 Å². The lowest BCUT2D eigenvalue weighted by molar-refractivity contribution is -0.164. The van der Waals surface area contributed by atoms with Crippen molar-refractivity contribution >= 4 is 11.9 Å². The largest absolute Gasteiger partial charge is 0.493 e. The molecule has 1 N–H and O–H groups in total. The van der Waals surface area contributed by atoms with Gasteiger partial charge in [-0.1, -0.05) is 6.07 Å². The van der Waals surface area contributed by atoms with Crippen LogP contribution in [0.1, 0.15) is 28.7 Å². The Morgan fingerprint density at radius 2 is 1.44 bits per heavy atom. The molecule has 9 heteroatoms. The average Bonchev–Trinajstić information content (AvgIpc) is 3.29. The Hall–Kier alpha value is -3.46. The molecule has 0 spiro atoms. The molecule has 1 aliphatic heterocycles. The standard InChI is InChI=1S/C23H24O9/c1-27-14-6-5-11(7-15(14)28-2)18-12-8-16-17(32-10-31-16)9-13(12)21(24)20(23(26)30-4)19(18)22(25)29-3/h5-9,18-21,24H,10H2,1-4H3/t18-,19-,20-,21-/m1/s1. The normalized spacial score (nSPS) is 23.2. The van der Waals surface area contributed by atoms with Crippen LogP contribution < -0.4 is 18.9 Å². The summed E-state index contributed by atoms with van der Waals surface area (Å²) in [7, 11) is 5.48. The van der Waals surface area contributed by atoms with Crippen molar-refractivity contribution in [3.8, 4) is 23.0 Å². The van der Waals surface area contributed by atoms with Crippen molar-refractivity contribution < 1.29 is 43.1 Å². The van der Waals surface area contributed by atoms with Gasteiger partial charge in [-0.05, 0) is 41.0 Å². The summed E-state index contributed by atoms with van der Waals surface area (Å²) in [5.41, 5.74) is 1.73. The Morgan fingerprint density at radius 3 is 2.03 bits per heavy atom. The van der Waals surface area contributed by atoms with E-state index in [1.54, 1.807) is 30.3 Å². The van der Waals surface area contributed by atoms with Crippen LogP contribution in [0.15, 0.2) is 30.3 Å². The summed E-state index contributed by atoms with van der Waals surface area (Å²) in [4.78, 5) is 25.8. The summed E-state index contributed by atoms with van der Waals surface area (Å²) < 4.78 is 31.8. The smallest absolute Gasteiger partial charge is 0.312 e. The van der Waals surface area contributed by atoms with Crippen LogP contribution in [0.3, 0.4) is 0 Å². The van der Waals surface area contributed by atoms with Crippen molar-refractivity contribution in [2.24, 2.45) is 11.8 Å². The highest BCUT2D eigenvalue weighted by atomic mass is 16.7. The number of methoxy groups -OCH3 is 4. The van der Waals surface area contributed by atoms with Crippen molar-refractivity contribution in [3.63, 3.8) is 0 Å². The summed E-state index contributed by atoms with van der Waals surface area (Å²) in [5, 5.41) is 11.2. The molecule has 4 atom stereocenters. The minimum absolute atomic E-state index is 0.0379. The Labute approximate surface area is 184 Å². The first kappa shape index (κ1) is 21.8. The van der Waals surface area contributed by atoms with Gasteiger partial charge in [0.25, 0.3) is 0 Å². The lowest BCUT2D eigenvalue weighted by Crippen LogP contribution is -2.43. The number of esters is 2. The zero-order chi connectivity index (χ0) is 23.0. The number of hydrogen-bond acceptors (Lipinski definition) is 9. The molecule has 4 rings (SSSR count). The predicted molar refractivity (Wildman–Crippen MR) is 110 cm³/mol. The van der Waals surface area contributed by atoms with Gasteiger partial charge < -0.3 is 33.5 Å². The summed E-state index contributed by atoms with van der Waals surface area (Å²) in [6.07, 6.45) is -1.31. The molecule has 32 heavy (non-hydrogen) atoms. The lowest BCUT2D eigenvalue weighted by atomic mass is 9.65. The number of hydrogen-bond donors (Lipinski definition) is 1. The Morgan fingerprint density at radius 1 is 0.844 bits per heavy atom. The maximum atomic E-state index is 13.0. The summed E-state index contributed by atoms with van der Waals surface area (Å²) in [5.74, 6) is -2.39. The number of fused-ring (bicyclic) bond motifs is 2. The van der Waals surface area contributed by atoms with Gasteiger partial charge in [0.1, 0.15) is 5.92 Å². The van der Waals surface area contributed by atoms with E-state index in [0.29, 0.717) is 39.7 Å². The van der Waals surface area contributed by atoms with Gasteiger partial charge in [-0.2, -0.15) is 0 Å². The lowest BCUT2D eigenvalue weighted by Gasteiger charge is -2.40. The molecule has 0 fully saturated rings. The van der Waals surface area contributed by atoms with Gasteiger partial charge in [-0.15, -0.1) is 0 Å². The van der Waals surface area contributed by atoms with Gasteiger partial charge >= 0.3 is 11.9 Å². The fraction of sp³-hybridized carbons (Fsp3) is 0.391. The van der Waals surface area contributed by atoms with Crippen LogP contribution in [0.5, 0.6) is 23.0 Å². The zero-order valence-electron chi connectivity index (χ0n) is 18.1. The highest BCUT2D eigenvalue weighted by molar-refractivity contribution is 5.85. The molecule has 2 aromatic rings. The highest BCUT2D eigenvalue weighted by Crippen LogP contribution is 2.53. The molecule has 0 saturated heterocycles. The van der Waals surface area contributed by atoms with E-state index in [9.17, 15) is 14.7 Å². The number of aliphatic hydroxyl groups is 1. The van der Waals surface area contributed by atoms with E-state index in [2.05, 4.69) is 0 Å². The Balaban J connectivity index is 1.98. The fourth-order valence-electron chi connectivity index (χ4n) is 4.55. The second-order valence-corrected chi connectivity index (χ2v) is 7.47. The van der Waals surface area contributed by atoms with Crippen LogP contribution in [-0.4, -0.2) is 52.3 Å². The van der Waals surface area contributed by atoms with Gasteiger partial charge in [0.05, 0.1) is 40.5 Å². The molecule has 0 unspecified atom stereocenters. The van der Waals surface area contributed by atoms with Crippen molar-refractivity contribution in [2.75, 3.05) is 35.2 Å². The topological polar surface area (TPSA) is 110 Å². The third-order valence-electron chi connectivity index (χ3n) is 6.03. The zero-order valence-corrected chi connectivity index (χ0v) is 18.1. The molecule has 0 aromatic heterocycles. The van der Waals surface area contributed by atoms with Crippen molar-refractivity contribution in [2.45, 2.75) is 12.0 Å². The molecular formula is C23H24O9. The molecule has 0 bridgehead atoms. The maximum Gasteiger partial charge on any atom is 0.312 e. The van der Waals surface area contributed by atoms with E-state index in [-0.39, 0.29) is 6.79 Å². The quantitative estimate of drug-likeness (QED) is 0.694. The van der Waals surface area contributed by atoms with Crippen LogP contribution >= 0.6 is 0 Å². The minimum atomic E-state index is -1.31. The Bertz CT molecular complexity index is 1050. The molecule has 170 valence electrons. The van der Waals surface area contributed by atoms with E-state index in [1.165, 1.54) is 28.4 Å². The summed E-state index contributed by atoms with van der Waals surface area (Å²) in [6, 6.07) is 8.60. The number of ether oxygens (including phenoxy) is 6. The molecule has 2 aliphatic rings. The molecular weight excluding hydrogens is 420 g/mol. The monoisotopic (exact) mass is 444 g/mol. The maximum absolute atomic E-state index is 13.0. The molecule has 2 aromatic carbocycles. The van der Waals surface area contributed by atoms with E-state index in [4.69, 9.17) is 28.4 Å². The van der Waals surface area contributed by atoms with Crippen molar-refractivity contribution in [1.82, 2.24) is 0 Å². The van der Waals surface area contributed by atoms with Crippen LogP contribution in [0.4, 0.5) is 0 Å².